The van der Waals surface area contributed by atoms with Crippen LogP contribution < -0.4 is 5.32 Å². The molecule has 0 fully saturated rings. The fraction of sp³-hybridized carbons (Fsp3) is 0.182. The number of non-ortho nitro benzene ring substituents is 1. The lowest BCUT2D eigenvalue weighted by Crippen LogP contribution is -2.29. The van der Waals surface area contributed by atoms with Crippen LogP contribution in [0.25, 0.3) is 0 Å². The highest BCUT2D eigenvalue weighted by Crippen LogP contribution is 2.25. The van der Waals surface area contributed by atoms with Crippen molar-refractivity contribution in [1.82, 2.24) is 0 Å². The Bertz CT molecular complexity index is 510. The van der Waals surface area contributed by atoms with Gasteiger partial charge in [-0.2, -0.15) is 0 Å². The van der Waals surface area contributed by atoms with Crippen LogP contribution in [0.2, 0.25) is 0 Å². The van der Waals surface area contributed by atoms with Crippen LogP contribution >= 0.6 is 0 Å². The number of benzene rings is 1. The zero-order valence-corrected chi connectivity index (χ0v) is 9.60. The summed E-state index contributed by atoms with van der Waals surface area (Å²) < 4.78 is 27.0. The van der Waals surface area contributed by atoms with Gasteiger partial charge in [0.2, 0.25) is 0 Å². The summed E-state index contributed by atoms with van der Waals surface area (Å²) in [6.07, 6.45) is 1.21. The maximum atomic E-state index is 13.5. The largest absolute Gasteiger partial charge is 0.480 e. The number of halogens is 2. The van der Waals surface area contributed by atoms with E-state index in [1.165, 1.54) is 6.08 Å². The second kappa shape index (κ2) is 5.89. The first-order valence-corrected chi connectivity index (χ1v) is 5.10. The topological polar surface area (TPSA) is 92.5 Å². The number of anilines is 1. The van der Waals surface area contributed by atoms with Crippen molar-refractivity contribution in [2.75, 3.05) is 5.32 Å². The van der Waals surface area contributed by atoms with E-state index in [1.54, 1.807) is 0 Å². The summed E-state index contributed by atoms with van der Waals surface area (Å²) in [5.41, 5.74) is -1.48. The smallest absolute Gasteiger partial charge is 0.326 e. The number of hydrogen-bond donors (Lipinski definition) is 2. The molecule has 1 rings (SSSR count). The van der Waals surface area contributed by atoms with Crippen LogP contribution in [0.4, 0.5) is 20.2 Å². The molecular formula is C11H10F2N2O4. The Kier molecular flexibility index (Phi) is 4.51. The van der Waals surface area contributed by atoms with Crippen LogP contribution in [0, 0.1) is 21.7 Å². The summed E-state index contributed by atoms with van der Waals surface area (Å²) in [6.45, 7) is 3.33. The van der Waals surface area contributed by atoms with Crippen LogP contribution in [0.1, 0.15) is 6.42 Å². The Morgan fingerprint density at radius 3 is 2.42 bits per heavy atom. The number of aliphatic carboxylic acids is 1. The van der Waals surface area contributed by atoms with Crippen molar-refractivity contribution in [3.05, 3.63) is 46.5 Å². The summed E-state index contributed by atoms with van der Waals surface area (Å²) in [5, 5.41) is 21.4. The van der Waals surface area contributed by atoms with Crippen molar-refractivity contribution < 1.29 is 23.6 Å². The van der Waals surface area contributed by atoms with E-state index in [0.717, 1.165) is 0 Å². The molecule has 1 aromatic carbocycles. The van der Waals surface area contributed by atoms with E-state index >= 15 is 0 Å². The lowest BCUT2D eigenvalue weighted by molar-refractivity contribution is -0.385. The number of nitrogens with zero attached hydrogens (tertiary/aromatic N) is 1. The number of carbonyl (C=O) groups is 1. The average Bonchev–Trinajstić information content (AvgIpc) is 2.31. The number of nitro groups is 1. The third-order valence-corrected chi connectivity index (χ3v) is 2.26. The van der Waals surface area contributed by atoms with Crippen molar-refractivity contribution in [2.45, 2.75) is 12.5 Å². The van der Waals surface area contributed by atoms with Gasteiger partial charge < -0.3 is 10.4 Å². The minimum absolute atomic E-state index is 0.0643. The molecule has 0 aromatic heterocycles. The van der Waals surface area contributed by atoms with Crippen molar-refractivity contribution >= 4 is 17.3 Å². The molecule has 0 amide bonds. The van der Waals surface area contributed by atoms with E-state index in [9.17, 15) is 23.7 Å². The maximum absolute atomic E-state index is 13.5. The molecule has 0 saturated carbocycles. The van der Waals surface area contributed by atoms with E-state index in [-0.39, 0.29) is 6.42 Å². The fourth-order valence-electron chi connectivity index (χ4n) is 1.37. The van der Waals surface area contributed by atoms with Crippen LogP contribution in [-0.4, -0.2) is 22.0 Å². The first-order chi connectivity index (χ1) is 8.86. The summed E-state index contributed by atoms with van der Waals surface area (Å²) in [7, 11) is 0. The third kappa shape index (κ3) is 3.47. The highest BCUT2D eigenvalue weighted by molar-refractivity contribution is 5.77. The molecule has 0 aliphatic carbocycles. The van der Waals surface area contributed by atoms with Crippen LogP contribution in [0.3, 0.4) is 0 Å². The molecule has 0 aliphatic heterocycles. The predicted molar refractivity (Wildman–Crippen MR) is 62.9 cm³/mol. The van der Waals surface area contributed by atoms with Gasteiger partial charge in [-0.3, -0.25) is 10.1 Å². The molecule has 6 nitrogen and oxygen atoms in total. The van der Waals surface area contributed by atoms with E-state index in [4.69, 9.17) is 5.11 Å². The van der Waals surface area contributed by atoms with Crippen LogP contribution in [0.5, 0.6) is 0 Å². The normalized spacial score (nSPS) is 11.7. The molecule has 102 valence electrons. The molecule has 0 heterocycles. The number of nitro benzene ring substituents is 1. The minimum atomic E-state index is -1.32. The van der Waals surface area contributed by atoms with Crippen LogP contribution in [-0.2, 0) is 4.79 Å². The van der Waals surface area contributed by atoms with Gasteiger partial charge in [0.1, 0.15) is 11.7 Å². The first kappa shape index (κ1) is 14.6. The lowest BCUT2D eigenvalue weighted by Gasteiger charge is -2.15. The van der Waals surface area contributed by atoms with Crippen molar-refractivity contribution in [3.8, 4) is 0 Å². The van der Waals surface area contributed by atoms with Gasteiger partial charge in [0, 0.05) is 0 Å². The molecule has 0 aliphatic rings. The quantitative estimate of drug-likeness (QED) is 0.471. The molecule has 0 bridgehead atoms. The molecule has 19 heavy (non-hydrogen) atoms. The molecule has 0 radical (unpaired) electrons. The Labute approximate surface area is 106 Å². The third-order valence-electron chi connectivity index (χ3n) is 2.26. The van der Waals surface area contributed by atoms with Crippen molar-refractivity contribution in [1.29, 1.82) is 0 Å². The number of carboxylic acids is 1. The second-order valence-corrected chi connectivity index (χ2v) is 3.60. The van der Waals surface area contributed by atoms with Gasteiger partial charge in [-0.15, -0.1) is 6.58 Å². The lowest BCUT2D eigenvalue weighted by atomic mass is 10.1. The van der Waals surface area contributed by atoms with Crippen molar-refractivity contribution in [3.63, 3.8) is 0 Å². The summed E-state index contributed by atoms with van der Waals surface area (Å²) in [4.78, 5) is 20.3. The molecule has 1 unspecified atom stereocenters. The van der Waals surface area contributed by atoms with E-state index in [2.05, 4.69) is 11.9 Å². The van der Waals surface area contributed by atoms with Crippen LogP contribution in [0.15, 0.2) is 24.8 Å². The number of rotatable bonds is 6. The first-order valence-electron chi connectivity index (χ1n) is 5.10. The van der Waals surface area contributed by atoms with Gasteiger partial charge in [0.05, 0.1) is 17.1 Å². The van der Waals surface area contributed by atoms with E-state index in [1.807, 2.05) is 0 Å². The molecular weight excluding hydrogens is 262 g/mol. The minimum Gasteiger partial charge on any atom is -0.480 e. The Morgan fingerprint density at radius 2 is 2.05 bits per heavy atom. The standard InChI is InChI=1S/C11H10F2N2O4/c1-2-3-9(11(16)17)14-10-7(12)4-6(15(18)19)5-8(10)13/h2,4-5,9,14H,1,3H2,(H,16,17). The zero-order chi connectivity index (χ0) is 14.6. The molecule has 2 N–H and O–H groups in total. The van der Waals surface area contributed by atoms with E-state index < -0.39 is 39.9 Å². The van der Waals surface area contributed by atoms with Gasteiger partial charge in [-0.1, -0.05) is 6.08 Å². The molecule has 0 spiro atoms. The second-order valence-electron chi connectivity index (χ2n) is 3.60. The fourth-order valence-corrected chi connectivity index (χ4v) is 1.37. The van der Waals surface area contributed by atoms with Gasteiger partial charge >= 0.3 is 5.97 Å². The molecule has 0 saturated heterocycles. The Balaban J connectivity index is 3.10. The highest BCUT2D eigenvalue weighted by atomic mass is 19.1. The molecule has 8 heteroatoms. The zero-order valence-electron chi connectivity index (χ0n) is 9.60. The summed E-state index contributed by atoms with van der Waals surface area (Å²) in [5.74, 6) is -3.79. The highest BCUT2D eigenvalue weighted by Gasteiger charge is 2.22. The number of carboxylic acid groups (broad SMARTS) is 1. The summed E-state index contributed by atoms with van der Waals surface area (Å²) in [6, 6.07) is -0.251. The number of hydrogen-bond acceptors (Lipinski definition) is 4. The van der Waals surface area contributed by atoms with Gasteiger partial charge in [-0.25, -0.2) is 13.6 Å². The van der Waals surface area contributed by atoms with Gasteiger partial charge in [-0.05, 0) is 6.42 Å². The SMILES string of the molecule is C=CCC(Nc1c(F)cc([N+](=O)[O-])cc1F)C(=O)O. The number of nitrogens with one attached hydrogen (secondary N) is 1. The maximum Gasteiger partial charge on any atom is 0.326 e. The molecule has 1 atom stereocenters. The van der Waals surface area contributed by atoms with Crippen molar-refractivity contribution in [2.24, 2.45) is 0 Å². The monoisotopic (exact) mass is 272 g/mol. The molecule has 1 aromatic rings. The van der Waals surface area contributed by atoms with Gasteiger partial charge in [0.25, 0.3) is 5.69 Å². The van der Waals surface area contributed by atoms with E-state index in [0.29, 0.717) is 12.1 Å². The Morgan fingerprint density at radius 1 is 1.53 bits per heavy atom. The van der Waals surface area contributed by atoms with Gasteiger partial charge in [0.15, 0.2) is 11.6 Å². The summed E-state index contributed by atoms with van der Waals surface area (Å²) >= 11 is 0. The Hall–Kier alpha value is -2.51. The average molecular weight is 272 g/mol. The predicted octanol–water partition coefficient (Wildman–Crippen LogP) is 2.31.